The second-order valence-corrected chi connectivity index (χ2v) is 7.52. The molecule has 1 fully saturated rings. The van der Waals surface area contributed by atoms with Crippen molar-refractivity contribution in [1.29, 1.82) is 0 Å². The Balaban J connectivity index is 1.73. The molecule has 2 N–H and O–H groups in total. The van der Waals surface area contributed by atoms with Crippen LogP contribution in [0.15, 0.2) is 43.3 Å². The number of hydrogen-bond donors (Lipinski definition) is 2. The first-order valence-electron chi connectivity index (χ1n) is 9.12. The van der Waals surface area contributed by atoms with Crippen molar-refractivity contribution in [2.75, 3.05) is 26.2 Å². The molecular weight excluding hydrogens is 412 g/mol. The van der Waals surface area contributed by atoms with Crippen molar-refractivity contribution in [3.8, 4) is 11.6 Å². The lowest BCUT2D eigenvalue weighted by Gasteiger charge is -2.25. The van der Waals surface area contributed by atoms with Gasteiger partial charge in [0.1, 0.15) is 5.56 Å². The highest BCUT2D eigenvalue weighted by molar-refractivity contribution is 9.10. The Morgan fingerprint density at radius 2 is 1.85 bits per heavy atom. The highest BCUT2D eigenvalue weighted by Crippen LogP contribution is 2.18. The minimum atomic E-state index is -0.693. The van der Waals surface area contributed by atoms with E-state index in [0.717, 1.165) is 35.1 Å². The number of rotatable bonds is 6. The van der Waals surface area contributed by atoms with Crippen molar-refractivity contribution in [3.63, 3.8) is 0 Å². The smallest absolute Gasteiger partial charge is 0.335 e. The minimum Gasteiger partial charge on any atom is -0.493 e. The van der Waals surface area contributed by atoms with Gasteiger partial charge in [0.25, 0.3) is 5.56 Å². The normalized spacial score (nSPS) is 15.4. The molecule has 0 saturated carbocycles. The molecule has 1 aliphatic heterocycles. The summed E-state index contributed by atoms with van der Waals surface area (Å²) in [5.41, 5.74) is -0.903. The lowest BCUT2D eigenvalue weighted by Crippen LogP contribution is -2.31. The molecule has 1 saturated heterocycles. The Morgan fingerprint density at radius 1 is 1.15 bits per heavy atom. The molecule has 0 radical (unpaired) electrons. The van der Waals surface area contributed by atoms with Gasteiger partial charge in [-0.15, -0.1) is 0 Å². The summed E-state index contributed by atoms with van der Waals surface area (Å²) in [7, 11) is 0. The maximum Gasteiger partial charge on any atom is 0.335 e. The van der Waals surface area contributed by atoms with Crippen LogP contribution in [0.1, 0.15) is 31.2 Å². The number of likely N-dealkylation sites (tertiary alicyclic amines) is 1. The quantitative estimate of drug-likeness (QED) is 0.538. The van der Waals surface area contributed by atoms with Crippen molar-refractivity contribution in [2.45, 2.75) is 25.7 Å². The number of nitrogens with zero attached hydrogens (tertiary/aromatic N) is 3. The average molecular weight is 435 g/mol. The predicted octanol–water partition coefficient (Wildman–Crippen LogP) is 2.29. The maximum absolute atomic E-state index is 12.1. The molecule has 1 aromatic heterocycles. The Labute approximate surface area is 165 Å². The zero-order valence-corrected chi connectivity index (χ0v) is 16.6. The SMILES string of the molecule is O=c1[nH]c(=O)n(-c2ccc(Br)cc2)c(O)c1C=NCCCN1CCCCC1. The third-order valence-electron chi connectivity index (χ3n) is 4.64. The van der Waals surface area contributed by atoms with E-state index in [1.807, 2.05) is 0 Å². The summed E-state index contributed by atoms with van der Waals surface area (Å²) in [6.45, 7) is 3.83. The molecule has 0 amide bonds. The standard InChI is InChI=1S/C19H23BrN4O3/c20-14-5-7-15(8-6-14)24-18(26)16(17(25)22-19(24)27)13-21-9-4-12-23-10-2-1-3-11-23/h5-8,13,26H,1-4,9-12H2,(H,22,25,27). The predicted molar refractivity (Wildman–Crippen MR) is 109 cm³/mol. The summed E-state index contributed by atoms with van der Waals surface area (Å²) < 4.78 is 1.90. The third kappa shape index (κ3) is 4.95. The van der Waals surface area contributed by atoms with E-state index >= 15 is 0 Å². The summed E-state index contributed by atoms with van der Waals surface area (Å²) in [6, 6.07) is 6.84. The number of aromatic nitrogens is 2. The van der Waals surface area contributed by atoms with Crippen LogP contribution in [0, 0.1) is 0 Å². The molecule has 1 aliphatic rings. The molecule has 0 aliphatic carbocycles. The lowest BCUT2D eigenvalue weighted by molar-refractivity contribution is 0.228. The van der Waals surface area contributed by atoms with Crippen molar-refractivity contribution >= 4 is 22.1 Å². The number of aliphatic imine (C=N–C) groups is 1. The highest BCUT2D eigenvalue weighted by atomic mass is 79.9. The number of H-pyrrole nitrogens is 1. The van der Waals surface area contributed by atoms with Gasteiger partial charge in [-0.3, -0.25) is 14.8 Å². The Hall–Kier alpha value is -2.19. The third-order valence-corrected chi connectivity index (χ3v) is 5.17. The first-order valence-corrected chi connectivity index (χ1v) is 9.92. The highest BCUT2D eigenvalue weighted by Gasteiger charge is 2.14. The molecule has 27 heavy (non-hydrogen) atoms. The summed E-state index contributed by atoms with van der Waals surface area (Å²) in [4.78, 5) is 33.1. The van der Waals surface area contributed by atoms with E-state index in [-0.39, 0.29) is 5.56 Å². The van der Waals surface area contributed by atoms with E-state index in [2.05, 4.69) is 30.8 Å². The molecule has 0 atom stereocenters. The molecule has 2 aromatic rings. The van der Waals surface area contributed by atoms with Crippen LogP contribution >= 0.6 is 15.9 Å². The fourth-order valence-corrected chi connectivity index (χ4v) is 3.47. The lowest BCUT2D eigenvalue weighted by atomic mass is 10.1. The fraction of sp³-hybridized carbons (Fsp3) is 0.421. The van der Waals surface area contributed by atoms with Gasteiger partial charge in [0.05, 0.1) is 5.69 Å². The Morgan fingerprint density at radius 3 is 2.56 bits per heavy atom. The van der Waals surface area contributed by atoms with Crippen molar-refractivity contribution < 1.29 is 5.11 Å². The van der Waals surface area contributed by atoms with Crippen LogP contribution < -0.4 is 11.2 Å². The van der Waals surface area contributed by atoms with Crippen LogP contribution in [0.25, 0.3) is 5.69 Å². The average Bonchev–Trinajstić information content (AvgIpc) is 2.66. The van der Waals surface area contributed by atoms with Crippen LogP contribution in [-0.4, -0.2) is 52.0 Å². The van der Waals surface area contributed by atoms with Crippen molar-refractivity contribution in [2.24, 2.45) is 4.99 Å². The number of benzene rings is 1. The molecule has 8 heteroatoms. The van der Waals surface area contributed by atoms with Gasteiger partial charge in [-0.2, -0.15) is 0 Å². The number of aromatic amines is 1. The van der Waals surface area contributed by atoms with Gasteiger partial charge >= 0.3 is 5.69 Å². The molecule has 144 valence electrons. The van der Waals surface area contributed by atoms with E-state index < -0.39 is 17.1 Å². The van der Waals surface area contributed by atoms with Crippen LogP contribution in [0.5, 0.6) is 5.88 Å². The Bertz CT molecular complexity index is 912. The van der Waals surface area contributed by atoms with E-state index in [4.69, 9.17) is 0 Å². The fourth-order valence-electron chi connectivity index (χ4n) is 3.21. The van der Waals surface area contributed by atoms with E-state index in [1.54, 1.807) is 24.3 Å². The molecule has 3 rings (SSSR count). The summed E-state index contributed by atoms with van der Waals surface area (Å²) in [5, 5.41) is 10.5. The summed E-state index contributed by atoms with van der Waals surface area (Å²) in [5.74, 6) is -0.411. The zero-order chi connectivity index (χ0) is 19.2. The maximum atomic E-state index is 12.1. The van der Waals surface area contributed by atoms with Gasteiger partial charge in [-0.25, -0.2) is 9.36 Å². The number of piperidine rings is 1. The number of hydrogen-bond acceptors (Lipinski definition) is 5. The molecule has 0 unspecified atom stereocenters. The van der Waals surface area contributed by atoms with E-state index in [9.17, 15) is 14.7 Å². The summed E-state index contributed by atoms with van der Waals surface area (Å²) >= 11 is 3.33. The van der Waals surface area contributed by atoms with Gasteiger partial charge in [-0.1, -0.05) is 22.4 Å². The second kappa shape index (κ2) is 9.14. The number of nitrogens with one attached hydrogen (secondary N) is 1. The van der Waals surface area contributed by atoms with Gasteiger partial charge in [0, 0.05) is 17.2 Å². The van der Waals surface area contributed by atoms with Crippen molar-refractivity contribution in [3.05, 3.63) is 55.1 Å². The topological polar surface area (TPSA) is 90.7 Å². The van der Waals surface area contributed by atoms with Crippen LogP contribution in [0.2, 0.25) is 0 Å². The van der Waals surface area contributed by atoms with Gasteiger partial charge in [0.2, 0.25) is 5.88 Å². The molecule has 0 bridgehead atoms. The molecule has 2 heterocycles. The number of halogens is 1. The van der Waals surface area contributed by atoms with Crippen molar-refractivity contribution in [1.82, 2.24) is 14.5 Å². The van der Waals surface area contributed by atoms with Crippen LogP contribution in [-0.2, 0) is 0 Å². The molecule has 0 spiro atoms. The monoisotopic (exact) mass is 434 g/mol. The molecule has 1 aromatic carbocycles. The van der Waals surface area contributed by atoms with Gasteiger partial charge in [0.15, 0.2) is 0 Å². The van der Waals surface area contributed by atoms with E-state index in [0.29, 0.717) is 12.2 Å². The summed E-state index contributed by atoms with van der Waals surface area (Å²) in [6.07, 6.45) is 6.06. The Kier molecular flexibility index (Phi) is 6.63. The first-order chi connectivity index (χ1) is 13.1. The molecular formula is C19H23BrN4O3. The largest absolute Gasteiger partial charge is 0.493 e. The van der Waals surface area contributed by atoms with Crippen LogP contribution in [0.4, 0.5) is 0 Å². The zero-order valence-electron chi connectivity index (χ0n) is 15.0. The first kappa shape index (κ1) is 19.6. The van der Waals surface area contributed by atoms with Gasteiger partial charge in [-0.05, 0) is 63.2 Å². The van der Waals surface area contributed by atoms with Gasteiger partial charge < -0.3 is 10.0 Å². The minimum absolute atomic E-state index is 0.0181. The van der Waals surface area contributed by atoms with Crippen LogP contribution in [0.3, 0.4) is 0 Å². The molecule has 7 nitrogen and oxygen atoms in total. The second-order valence-electron chi connectivity index (χ2n) is 6.60. The van der Waals surface area contributed by atoms with E-state index in [1.165, 1.54) is 25.5 Å². The number of aromatic hydroxyl groups is 1.